The van der Waals surface area contributed by atoms with Gasteiger partial charge in [0.15, 0.2) is 0 Å². The fourth-order valence-electron chi connectivity index (χ4n) is 17.1. The highest BCUT2D eigenvalue weighted by molar-refractivity contribution is 6.31. The van der Waals surface area contributed by atoms with Crippen LogP contribution in [0, 0.1) is 37.1 Å². The number of halogens is 5. The van der Waals surface area contributed by atoms with Crippen LogP contribution in [0.5, 0.6) is 0 Å². The van der Waals surface area contributed by atoms with Gasteiger partial charge >= 0.3 is 0 Å². The van der Waals surface area contributed by atoms with Gasteiger partial charge in [-0.1, -0.05) is 89.1 Å². The molecule has 6 N–H and O–H groups in total. The van der Waals surface area contributed by atoms with Crippen molar-refractivity contribution in [2.75, 3.05) is 0 Å². The number of aryl methyl sites for hydroxylation is 2. The van der Waals surface area contributed by atoms with Gasteiger partial charge in [0.2, 0.25) is 0 Å². The minimum atomic E-state index is -0.437. The van der Waals surface area contributed by atoms with Crippen LogP contribution < -0.4 is 0 Å². The number of nitrogens with one attached hydrogen (secondary N) is 6. The van der Waals surface area contributed by atoms with Gasteiger partial charge in [-0.05, 0) is 177 Å². The summed E-state index contributed by atoms with van der Waals surface area (Å²) in [5.74, 6) is 1.09. The average Bonchev–Trinajstić information content (AvgIpc) is 1.62. The van der Waals surface area contributed by atoms with Crippen LogP contribution in [0.1, 0.15) is 51.1 Å². The molecule has 18 heterocycles. The number of aromatic amines is 6. The number of H-pyrrole nitrogens is 6. The summed E-state index contributed by atoms with van der Waals surface area (Å²) in [6, 6.07) is 66.2. The molecule has 28 nitrogen and oxygen atoms in total. The van der Waals surface area contributed by atoms with E-state index in [-0.39, 0.29) is 22.5 Å². The molecule has 676 valence electrons. The first-order valence-corrected chi connectivity index (χ1v) is 44.2. The van der Waals surface area contributed by atoms with Gasteiger partial charge in [-0.2, -0.15) is 20.5 Å². The zero-order chi connectivity index (χ0) is 93.5. The Labute approximate surface area is 787 Å². The number of nitrogens with zero attached hydrogens (tertiary/aromatic N) is 20. The highest BCUT2D eigenvalue weighted by Gasteiger charge is 2.27. The van der Waals surface area contributed by atoms with E-state index >= 15 is 0 Å². The van der Waals surface area contributed by atoms with Crippen molar-refractivity contribution in [3.8, 4) is 113 Å². The van der Waals surface area contributed by atoms with Gasteiger partial charge in [-0.3, -0.25) is 10.1 Å². The quantitative estimate of drug-likeness (QED) is 0.0386. The highest BCUT2D eigenvalue weighted by atomic mass is 35.5. The number of allylic oxidation sites excluding steroid dienone is 1. The molecule has 0 spiro atoms. The van der Waals surface area contributed by atoms with Gasteiger partial charge in [0.25, 0.3) is 0 Å². The van der Waals surface area contributed by atoms with Crippen LogP contribution in [-0.4, -0.2) is 128 Å². The smallest absolute Gasteiger partial charge is 0.144 e. The summed E-state index contributed by atoms with van der Waals surface area (Å²) in [7, 11) is 0. The van der Waals surface area contributed by atoms with Crippen LogP contribution >= 0.6 is 11.6 Å². The van der Waals surface area contributed by atoms with Crippen LogP contribution in [-0.2, 0) is 39.1 Å². The lowest BCUT2D eigenvalue weighted by molar-refractivity contribution is 0.389. The predicted molar refractivity (Wildman–Crippen MR) is 519 cm³/mol. The van der Waals surface area contributed by atoms with Gasteiger partial charge in [0.1, 0.15) is 80.9 Å². The fraction of sp³-hybridized carbons (Fsp3) is 0.0762. The van der Waals surface area contributed by atoms with Crippen LogP contribution in [0.3, 0.4) is 0 Å². The molecule has 0 atom stereocenters. The highest BCUT2D eigenvalue weighted by Crippen LogP contribution is 2.43. The Kier molecular flexibility index (Phi) is 24.2. The lowest BCUT2D eigenvalue weighted by Gasteiger charge is -2.14. The van der Waals surface area contributed by atoms with E-state index in [2.05, 4.69) is 160 Å². The molecular weight excluding hydrogens is 1770 g/mol. The number of furan rings is 1. The third-order valence-electron chi connectivity index (χ3n) is 23.5. The van der Waals surface area contributed by atoms with Gasteiger partial charge in [0.05, 0.1) is 138 Å². The van der Waals surface area contributed by atoms with E-state index in [1.54, 1.807) is 98.6 Å². The summed E-state index contributed by atoms with van der Waals surface area (Å²) >= 11 is 6.06. The molecule has 1 aliphatic rings. The van der Waals surface area contributed by atoms with E-state index in [1.165, 1.54) is 59.9 Å². The van der Waals surface area contributed by atoms with Crippen molar-refractivity contribution in [3.05, 3.63) is 410 Å². The normalized spacial score (nSPS) is 11.5. The molecule has 6 aromatic carbocycles. The minimum absolute atomic E-state index is 0.0888. The summed E-state index contributed by atoms with van der Waals surface area (Å²) in [5.41, 5.74) is 27.8. The SMILES string of the molecule is Cc1ccc(-c2ncn(Cc3cc(C)on3)c2-c2ccnc3[nH]ccc23)cc1.Fc1ccc(-c2ncn(Cc3ccccc3)c2-c2ccnc3c2C=CC3)cc1Cl.Fc1ccc(-c2ncn(Cc3ccco3)c2-c2ccnc3[nH]ccc23)cc1.Fc1ccc(-c2ncn(Cc3cn[nH]n3)c2-c2ccnc3[nH]ccc23)cc1.Fc1ccc(-c2ncn(Cc3ncn[nH]3)c2-c2ccnc3[nH]ccc23)cc1. The molecule has 0 bridgehead atoms. The number of benzene rings is 6. The zero-order valence-corrected chi connectivity index (χ0v) is 74.4. The second kappa shape index (κ2) is 38.5. The predicted octanol–water partition coefficient (Wildman–Crippen LogP) is 22.4. The molecule has 0 fully saturated rings. The molecule has 138 heavy (non-hydrogen) atoms. The molecule has 33 heteroatoms. The number of rotatable bonds is 20. The van der Waals surface area contributed by atoms with Gasteiger partial charge in [-0.25, -0.2) is 67.4 Å². The number of aromatic nitrogens is 26. The first-order valence-electron chi connectivity index (χ1n) is 43.9. The summed E-state index contributed by atoms with van der Waals surface area (Å²) in [5, 5.41) is 25.7. The van der Waals surface area contributed by atoms with Crippen LogP contribution in [0.15, 0.2) is 340 Å². The van der Waals surface area contributed by atoms with Crippen molar-refractivity contribution in [2.45, 2.75) is 53.0 Å². The number of pyridine rings is 5. The Hall–Kier alpha value is -18.2. The zero-order valence-electron chi connectivity index (χ0n) is 73.6. The average molecular weight is 1850 g/mol. The number of imidazole rings is 5. The minimum Gasteiger partial charge on any atom is -0.467 e. The lowest BCUT2D eigenvalue weighted by Crippen LogP contribution is -2.03. The fourth-order valence-corrected chi connectivity index (χ4v) is 17.3. The largest absolute Gasteiger partial charge is 0.467 e. The molecule has 0 saturated heterocycles. The van der Waals surface area contributed by atoms with Crippen molar-refractivity contribution >= 4 is 61.8 Å². The molecule has 0 amide bonds. The number of hydrogen-bond acceptors (Lipinski definition) is 17. The summed E-state index contributed by atoms with van der Waals surface area (Å²) in [6.45, 7) is 6.78. The molecule has 24 aromatic rings. The van der Waals surface area contributed by atoms with Gasteiger partial charge in [-0.15, -0.1) is 0 Å². The second-order valence-corrected chi connectivity index (χ2v) is 32.9. The maximum Gasteiger partial charge on any atom is 0.144 e. The van der Waals surface area contributed by atoms with Crippen LogP contribution in [0.25, 0.3) is 163 Å². The standard InChI is InChI=1S/C24H17ClFN3.C22H19N5O.C21H15FN4O.2C19H14FN7/c25-20-13-17(9-10-21(20)26)23-24(19-11-12-27-22-8-4-7-18(19)22)29(15-28-23)14-16-5-2-1-3-6-16;1-14-3-5-16(6-4-14)20-21(18-7-9-23-22-19(18)8-10-24-22)27(13-25-20)12-17-11-15(2)28-26-17;22-15-5-3-14(4-6-15)19-20(17-7-9-23-21-18(17)8-10-24-21)26(13-25-19)12-16-2-1-11-27-16;20-13-3-1-12(2-4-13)17-18(15-5-7-21-19-16(15)6-8-22-19)27(11-23-17)10-14-9-24-26-25-14;20-13-3-1-12(2-4-13)17-18(14-5-7-21-19-15(14)6-8-22-19)27(11-24-17)9-16-23-10-25-26-16/h1-7,9-13,15H,8,14H2;3-11,13H,12H2,1-2H3,(H,23,24);1-11,13H,12H2,(H,23,24);1-9,11H,10H2,(H,21,22)(H,24,25,26);1-8,10-11H,9H2,(H,21,22)(H,23,25,26). The van der Waals surface area contributed by atoms with Gasteiger partial charge < -0.3 is 51.7 Å². The topological polar surface area (TPSA) is 339 Å². The van der Waals surface area contributed by atoms with Crippen molar-refractivity contribution in [2.24, 2.45) is 0 Å². The van der Waals surface area contributed by atoms with Crippen molar-refractivity contribution in [1.29, 1.82) is 0 Å². The maximum absolute atomic E-state index is 13.7. The van der Waals surface area contributed by atoms with E-state index in [0.29, 0.717) is 32.7 Å². The third kappa shape index (κ3) is 18.1. The molecular formula is C105H79ClF4N26O2. The number of hydrogen-bond donors (Lipinski definition) is 6. The Balaban J connectivity index is 0.000000103. The Bertz CT molecular complexity index is 7910. The van der Waals surface area contributed by atoms with Crippen molar-refractivity contribution in [1.82, 2.24) is 128 Å². The molecule has 0 unspecified atom stereocenters. The Morgan fingerprint density at radius 3 is 1.27 bits per heavy atom. The summed E-state index contributed by atoms with van der Waals surface area (Å²) in [4.78, 5) is 62.2. The van der Waals surface area contributed by atoms with E-state index in [0.717, 1.165) is 203 Å². The summed E-state index contributed by atoms with van der Waals surface area (Å²) < 4.78 is 75.0. The van der Waals surface area contributed by atoms with E-state index in [1.807, 2.05) is 161 Å². The molecule has 0 radical (unpaired) electrons. The molecule has 0 aliphatic heterocycles. The molecule has 18 aromatic heterocycles. The molecule has 1 aliphatic carbocycles. The summed E-state index contributed by atoms with van der Waals surface area (Å²) in [6.07, 6.45) is 35.3. The maximum atomic E-state index is 13.7. The monoisotopic (exact) mass is 1850 g/mol. The Morgan fingerprint density at radius 1 is 0.391 bits per heavy atom. The van der Waals surface area contributed by atoms with Crippen LogP contribution in [0.2, 0.25) is 5.02 Å². The Morgan fingerprint density at radius 2 is 0.826 bits per heavy atom. The first kappa shape index (κ1) is 86.5. The lowest BCUT2D eigenvalue weighted by atomic mass is 10.0. The van der Waals surface area contributed by atoms with E-state index in [9.17, 15) is 17.6 Å². The number of fused-ring (bicyclic) bond motifs is 5. The van der Waals surface area contributed by atoms with E-state index < -0.39 is 5.82 Å². The second-order valence-electron chi connectivity index (χ2n) is 32.5. The van der Waals surface area contributed by atoms with Crippen molar-refractivity contribution < 1.29 is 26.5 Å². The van der Waals surface area contributed by atoms with E-state index in [4.69, 9.17) is 30.5 Å². The van der Waals surface area contributed by atoms with Gasteiger partial charge in [0, 0.05) is 158 Å². The van der Waals surface area contributed by atoms with Crippen molar-refractivity contribution in [3.63, 3.8) is 0 Å². The third-order valence-corrected chi connectivity index (χ3v) is 23.8. The first-order chi connectivity index (χ1) is 67.8. The molecule has 25 rings (SSSR count). The molecule has 0 saturated carbocycles. The van der Waals surface area contributed by atoms with Crippen LogP contribution in [0.4, 0.5) is 17.6 Å².